The van der Waals surface area contributed by atoms with Gasteiger partial charge in [-0.2, -0.15) is 4.31 Å². The van der Waals surface area contributed by atoms with Crippen molar-refractivity contribution >= 4 is 15.9 Å². The number of rotatable bonds is 4. The molecular weight excluding hydrogens is 362 g/mol. The molecule has 144 valence electrons. The SMILES string of the molecule is Cn1cc(S(=O)(=O)N2CCCCC2)cc1C(=O)NC1CCc2ccccc21. The molecule has 1 aliphatic carbocycles. The van der Waals surface area contributed by atoms with Crippen molar-refractivity contribution in [2.24, 2.45) is 7.05 Å². The summed E-state index contributed by atoms with van der Waals surface area (Å²) in [5, 5.41) is 3.07. The van der Waals surface area contributed by atoms with E-state index in [2.05, 4.69) is 11.4 Å². The molecule has 0 bridgehead atoms. The van der Waals surface area contributed by atoms with Gasteiger partial charge in [-0.15, -0.1) is 0 Å². The van der Waals surface area contributed by atoms with Crippen LogP contribution < -0.4 is 5.32 Å². The summed E-state index contributed by atoms with van der Waals surface area (Å²) >= 11 is 0. The Kier molecular flexibility index (Phi) is 4.82. The van der Waals surface area contributed by atoms with E-state index in [1.807, 2.05) is 18.2 Å². The molecular formula is C20H25N3O3S. The second-order valence-electron chi connectivity index (χ2n) is 7.40. The van der Waals surface area contributed by atoms with Crippen LogP contribution in [0.15, 0.2) is 41.4 Å². The number of nitrogens with zero attached hydrogens (tertiary/aromatic N) is 2. The maximum atomic E-state index is 12.9. The molecule has 2 aromatic rings. The molecule has 0 radical (unpaired) electrons. The Morgan fingerprint density at radius 1 is 1.15 bits per heavy atom. The number of fused-ring (bicyclic) bond motifs is 1. The number of hydrogen-bond acceptors (Lipinski definition) is 3. The summed E-state index contributed by atoms with van der Waals surface area (Å²) in [5.41, 5.74) is 2.79. The van der Waals surface area contributed by atoms with E-state index in [1.54, 1.807) is 17.8 Å². The van der Waals surface area contributed by atoms with Gasteiger partial charge in [0.25, 0.3) is 5.91 Å². The molecule has 1 aromatic carbocycles. The van der Waals surface area contributed by atoms with Gasteiger partial charge in [0.1, 0.15) is 10.6 Å². The van der Waals surface area contributed by atoms with Crippen LogP contribution in [-0.4, -0.2) is 36.3 Å². The van der Waals surface area contributed by atoms with Gasteiger partial charge in [-0.25, -0.2) is 8.42 Å². The van der Waals surface area contributed by atoms with Gasteiger partial charge in [0.2, 0.25) is 10.0 Å². The molecule has 0 spiro atoms. The van der Waals surface area contributed by atoms with E-state index in [4.69, 9.17) is 0 Å². The first kappa shape index (κ1) is 18.3. The Morgan fingerprint density at radius 2 is 1.89 bits per heavy atom. The van der Waals surface area contributed by atoms with Gasteiger partial charge in [-0.05, 0) is 42.9 Å². The number of aryl methyl sites for hydroxylation is 2. The smallest absolute Gasteiger partial charge is 0.268 e. The van der Waals surface area contributed by atoms with Crippen molar-refractivity contribution in [2.45, 2.75) is 43.0 Å². The quantitative estimate of drug-likeness (QED) is 0.877. The maximum absolute atomic E-state index is 12.9. The highest BCUT2D eigenvalue weighted by Gasteiger charge is 2.29. The highest BCUT2D eigenvalue weighted by atomic mass is 32.2. The van der Waals surface area contributed by atoms with Gasteiger partial charge >= 0.3 is 0 Å². The first-order chi connectivity index (χ1) is 13.0. The van der Waals surface area contributed by atoms with Gasteiger partial charge in [0.05, 0.1) is 6.04 Å². The van der Waals surface area contributed by atoms with Gasteiger partial charge in [-0.1, -0.05) is 30.7 Å². The topological polar surface area (TPSA) is 71.4 Å². The number of hydrogen-bond donors (Lipinski definition) is 1. The van der Waals surface area contributed by atoms with Crippen LogP contribution >= 0.6 is 0 Å². The number of benzene rings is 1. The van der Waals surface area contributed by atoms with Gasteiger partial charge in [0, 0.05) is 26.3 Å². The number of nitrogens with one attached hydrogen (secondary N) is 1. The maximum Gasteiger partial charge on any atom is 0.268 e. The predicted molar refractivity (Wildman–Crippen MR) is 103 cm³/mol. The monoisotopic (exact) mass is 387 g/mol. The highest BCUT2D eigenvalue weighted by molar-refractivity contribution is 7.89. The van der Waals surface area contributed by atoms with E-state index < -0.39 is 10.0 Å². The number of aromatic nitrogens is 1. The summed E-state index contributed by atoms with van der Waals surface area (Å²) in [4.78, 5) is 13.0. The number of carbonyl (C=O) groups excluding carboxylic acids is 1. The van der Waals surface area contributed by atoms with Crippen LogP contribution in [0.1, 0.15) is 53.3 Å². The van der Waals surface area contributed by atoms with Gasteiger partial charge in [0.15, 0.2) is 0 Å². The van der Waals surface area contributed by atoms with Crippen LogP contribution in [0.5, 0.6) is 0 Å². The zero-order chi connectivity index (χ0) is 19.0. The molecule has 1 N–H and O–H groups in total. The number of piperidine rings is 1. The van der Waals surface area contributed by atoms with Crippen LogP contribution in [0.2, 0.25) is 0 Å². The normalized spacial score (nSPS) is 20.4. The van der Waals surface area contributed by atoms with Crippen molar-refractivity contribution < 1.29 is 13.2 Å². The predicted octanol–water partition coefficient (Wildman–Crippen LogP) is 2.62. The van der Waals surface area contributed by atoms with E-state index >= 15 is 0 Å². The second kappa shape index (κ2) is 7.13. The summed E-state index contributed by atoms with van der Waals surface area (Å²) in [7, 11) is -1.83. The summed E-state index contributed by atoms with van der Waals surface area (Å²) in [6.45, 7) is 1.11. The molecule has 1 saturated heterocycles. The van der Waals surface area contributed by atoms with Crippen LogP contribution in [0, 0.1) is 0 Å². The van der Waals surface area contributed by atoms with Crippen LogP contribution in [0.4, 0.5) is 0 Å². The van der Waals surface area contributed by atoms with Crippen molar-refractivity contribution in [2.75, 3.05) is 13.1 Å². The molecule has 1 aromatic heterocycles. The summed E-state index contributed by atoms with van der Waals surface area (Å²) in [6.07, 6.45) is 6.21. The Bertz CT molecular complexity index is 959. The molecule has 2 aliphatic rings. The molecule has 7 heteroatoms. The third kappa shape index (κ3) is 3.41. The lowest BCUT2D eigenvalue weighted by atomic mass is 10.1. The van der Waals surface area contributed by atoms with E-state index in [0.717, 1.165) is 37.7 Å². The standard InChI is InChI=1S/C20H25N3O3S/c1-22-14-16(27(25,26)23-11-5-2-6-12-23)13-19(22)20(24)21-18-10-9-15-7-3-4-8-17(15)18/h3-4,7-8,13-14,18H,2,5-6,9-12H2,1H3,(H,21,24). The number of amides is 1. The molecule has 1 fully saturated rings. The molecule has 6 nitrogen and oxygen atoms in total. The zero-order valence-electron chi connectivity index (χ0n) is 15.5. The van der Waals surface area contributed by atoms with Crippen molar-refractivity contribution in [3.05, 3.63) is 53.3 Å². The molecule has 4 rings (SSSR count). The fraction of sp³-hybridized carbons (Fsp3) is 0.450. The third-order valence-electron chi connectivity index (χ3n) is 5.60. The lowest BCUT2D eigenvalue weighted by Gasteiger charge is -2.25. The average molecular weight is 388 g/mol. The average Bonchev–Trinajstić information content (AvgIpc) is 3.27. The van der Waals surface area contributed by atoms with E-state index in [1.165, 1.54) is 15.9 Å². The third-order valence-corrected chi connectivity index (χ3v) is 7.47. The molecule has 1 atom stereocenters. The van der Waals surface area contributed by atoms with Crippen molar-refractivity contribution in [3.63, 3.8) is 0 Å². The second-order valence-corrected chi connectivity index (χ2v) is 9.34. The molecule has 1 amide bonds. The van der Waals surface area contributed by atoms with Crippen molar-refractivity contribution in [1.29, 1.82) is 0 Å². The largest absolute Gasteiger partial charge is 0.345 e. The van der Waals surface area contributed by atoms with Crippen LogP contribution in [0.25, 0.3) is 0 Å². The molecule has 1 aliphatic heterocycles. The lowest BCUT2D eigenvalue weighted by Crippen LogP contribution is -2.35. The van der Waals surface area contributed by atoms with E-state index in [-0.39, 0.29) is 16.8 Å². The first-order valence-corrected chi connectivity index (χ1v) is 11.0. The van der Waals surface area contributed by atoms with Gasteiger partial charge < -0.3 is 9.88 Å². The molecule has 0 saturated carbocycles. The van der Waals surface area contributed by atoms with Crippen LogP contribution in [0.3, 0.4) is 0 Å². The van der Waals surface area contributed by atoms with Crippen LogP contribution in [-0.2, 0) is 23.5 Å². The first-order valence-electron chi connectivity index (χ1n) is 9.52. The van der Waals surface area contributed by atoms with E-state index in [9.17, 15) is 13.2 Å². The Morgan fingerprint density at radius 3 is 2.67 bits per heavy atom. The summed E-state index contributed by atoms with van der Waals surface area (Å²) < 4.78 is 28.9. The van der Waals surface area contributed by atoms with Crippen molar-refractivity contribution in [1.82, 2.24) is 14.2 Å². The lowest BCUT2D eigenvalue weighted by molar-refractivity contribution is 0.0928. The molecule has 1 unspecified atom stereocenters. The van der Waals surface area contributed by atoms with E-state index in [0.29, 0.717) is 18.8 Å². The summed E-state index contributed by atoms with van der Waals surface area (Å²) in [6, 6.07) is 9.61. The minimum atomic E-state index is -3.54. The minimum absolute atomic E-state index is 0.0225. The number of carbonyl (C=O) groups is 1. The fourth-order valence-corrected chi connectivity index (χ4v) is 5.68. The number of sulfonamides is 1. The minimum Gasteiger partial charge on any atom is -0.345 e. The summed E-state index contributed by atoms with van der Waals surface area (Å²) in [5.74, 6) is -0.237. The van der Waals surface area contributed by atoms with Gasteiger partial charge in [-0.3, -0.25) is 4.79 Å². The van der Waals surface area contributed by atoms with Crippen molar-refractivity contribution in [3.8, 4) is 0 Å². The fourth-order valence-electron chi connectivity index (χ4n) is 4.09. The highest BCUT2D eigenvalue weighted by Crippen LogP contribution is 2.31. The Labute approximate surface area is 160 Å². The Hall–Kier alpha value is -2.12. The Balaban J connectivity index is 1.54. The zero-order valence-corrected chi connectivity index (χ0v) is 16.3. The molecule has 2 heterocycles. The molecule has 27 heavy (non-hydrogen) atoms.